The van der Waals surface area contributed by atoms with E-state index in [1.54, 1.807) is 4.90 Å². The molecule has 0 radical (unpaired) electrons. The molecule has 1 fully saturated rings. The maximum atomic E-state index is 12.0. The van der Waals surface area contributed by atoms with Crippen LogP contribution in [0.15, 0.2) is 0 Å². The molecule has 0 aliphatic carbocycles. The lowest BCUT2D eigenvalue weighted by atomic mass is 9.99. The van der Waals surface area contributed by atoms with E-state index in [2.05, 4.69) is 20.8 Å². The third-order valence-electron chi connectivity index (χ3n) is 2.39. The minimum absolute atomic E-state index is 0.0809. The van der Waals surface area contributed by atoms with Gasteiger partial charge in [-0.3, -0.25) is 0 Å². The van der Waals surface area contributed by atoms with Gasteiger partial charge in [-0.2, -0.15) is 0 Å². The number of nitrogens with zero attached hydrogens (tertiary/aromatic N) is 1. The van der Waals surface area contributed by atoms with Crippen LogP contribution in [0.4, 0.5) is 4.79 Å². The smallest absolute Gasteiger partial charge is 0.410 e. The molecule has 5 heteroatoms. The van der Waals surface area contributed by atoms with Gasteiger partial charge >= 0.3 is 6.09 Å². The van der Waals surface area contributed by atoms with E-state index < -0.39 is 5.60 Å². The van der Waals surface area contributed by atoms with Crippen molar-refractivity contribution in [2.45, 2.75) is 53.4 Å². The Kier molecular flexibility index (Phi) is 5.21. The summed E-state index contributed by atoms with van der Waals surface area (Å²) < 4.78 is 16.5. The topological polar surface area (TPSA) is 48.0 Å². The van der Waals surface area contributed by atoms with Crippen LogP contribution in [-0.4, -0.2) is 49.2 Å². The number of hydrogen-bond donors (Lipinski definition) is 0. The average Bonchev–Trinajstić information content (AvgIpc) is 2.23. The Balaban J connectivity index is 2.44. The SMILES string of the molecule is CC(C)(C)COC1CN(C(=O)OC(C)(C)C)CCO1. The molecule has 5 nitrogen and oxygen atoms in total. The largest absolute Gasteiger partial charge is 0.444 e. The van der Waals surface area contributed by atoms with Gasteiger partial charge in [0.15, 0.2) is 6.29 Å². The van der Waals surface area contributed by atoms with Crippen molar-refractivity contribution in [1.29, 1.82) is 0 Å². The van der Waals surface area contributed by atoms with Crippen LogP contribution in [-0.2, 0) is 14.2 Å². The average molecular weight is 273 g/mol. The van der Waals surface area contributed by atoms with Crippen molar-refractivity contribution < 1.29 is 19.0 Å². The predicted octanol–water partition coefficient (Wildman–Crippen LogP) is 2.64. The van der Waals surface area contributed by atoms with Crippen LogP contribution in [0.5, 0.6) is 0 Å². The zero-order chi connectivity index (χ0) is 14.7. The Morgan fingerprint density at radius 3 is 2.42 bits per heavy atom. The second-order valence-electron chi connectivity index (χ2n) is 7.10. The zero-order valence-electron chi connectivity index (χ0n) is 13.0. The van der Waals surface area contributed by atoms with Gasteiger partial charge in [0.05, 0.1) is 19.8 Å². The van der Waals surface area contributed by atoms with Crippen molar-refractivity contribution in [2.75, 3.05) is 26.3 Å². The van der Waals surface area contributed by atoms with Crippen molar-refractivity contribution in [1.82, 2.24) is 4.90 Å². The third-order valence-corrected chi connectivity index (χ3v) is 2.39. The van der Waals surface area contributed by atoms with E-state index in [0.29, 0.717) is 26.3 Å². The molecule has 1 amide bonds. The first kappa shape index (κ1) is 16.2. The van der Waals surface area contributed by atoms with Crippen LogP contribution in [0.25, 0.3) is 0 Å². The zero-order valence-corrected chi connectivity index (χ0v) is 13.0. The summed E-state index contributed by atoms with van der Waals surface area (Å²) in [6.07, 6.45) is -0.666. The fourth-order valence-electron chi connectivity index (χ4n) is 1.55. The van der Waals surface area contributed by atoms with Gasteiger partial charge in [0.25, 0.3) is 0 Å². The number of carbonyl (C=O) groups is 1. The minimum Gasteiger partial charge on any atom is -0.444 e. The number of hydrogen-bond acceptors (Lipinski definition) is 4. The van der Waals surface area contributed by atoms with E-state index in [4.69, 9.17) is 14.2 Å². The molecule has 0 spiro atoms. The van der Waals surface area contributed by atoms with Crippen LogP contribution >= 0.6 is 0 Å². The van der Waals surface area contributed by atoms with Crippen LogP contribution in [0.3, 0.4) is 0 Å². The van der Waals surface area contributed by atoms with Gasteiger partial charge in [-0.15, -0.1) is 0 Å². The fraction of sp³-hybridized carbons (Fsp3) is 0.929. The summed E-state index contributed by atoms with van der Waals surface area (Å²) in [7, 11) is 0. The van der Waals surface area contributed by atoms with E-state index in [9.17, 15) is 4.79 Å². The first-order valence-corrected chi connectivity index (χ1v) is 6.78. The van der Waals surface area contributed by atoms with Gasteiger partial charge in [-0.1, -0.05) is 20.8 Å². The molecule has 1 aliphatic heterocycles. The molecule has 0 saturated carbocycles. The summed E-state index contributed by atoms with van der Waals surface area (Å²) in [5.74, 6) is 0. The van der Waals surface area contributed by atoms with Gasteiger partial charge < -0.3 is 19.1 Å². The van der Waals surface area contributed by atoms with Crippen LogP contribution in [0.2, 0.25) is 0 Å². The molecule has 0 bridgehead atoms. The van der Waals surface area contributed by atoms with Crippen LogP contribution in [0, 0.1) is 5.41 Å². The normalized spacial score (nSPS) is 21.4. The van der Waals surface area contributed by atoms with E-state index in [0.717, 1.165) is 0 Å². The summed E-state index contributed by atoms with van der Waals surface area (Å²) in [6.45, 7) is 13.9. The number of carbonyl (C=O) groups excluding carboxylic acids is 1. The van der Waals surface area contributed by atoms with Gasteiger partial charge in [0.1, 0.15) is 5.60 Å². The fourth-order valence-corrected chi connectivity index (χ4v) is 1.55. The molecule has 1 saturated heterocycles. The molecule has 1 heterocycles. The Labute approximate surface area is 116 Å². The summed E-state index contributed by atoms with van der Waals surface area (Å²) >= 11 is 0. The van der Waals surface area contributed by atoms with Gasteiger partial charge in [0.2, 0.25) is 0 Å². The summed E-state index contributed by atoms with van der Waals surface area (Å²) in [5, 5.41) is 0. The third kappa shape index (κ3) is 6.78. The van der Waals surface area contributed by atoms with Gasteiger partial charge in [-0.05, 0) is 26.2 Å². The lowest BCUT2D eigenvalue weighted by molar-refractivity contribution is -0.187. The van der Waals surface area contributed by atoms with Gasteiger partial charge in [0, 0.05) is 6.54 Å². The highest BCUT2D eigenvalue weighted by atomic mass is 16.7. The van der Waals surface area contributed by atoms with E-state index in [-0.39, 0.29) is 17.8 Å². The molecule has 1 unspecified atom stereocenters. The van der Waals surface area contributed by atoms with Gasteiger partial charge in [-0.25, -0.2) is 4.79 Å². The first-order valence-electron chi connectivity index (χ1n) is 6.78. The number of amides is 1. The highest BCUT2D eigenvalue weighted by Crippen LogP contribution is 2.17. The highest BCUT2D eigenvalue weighted by molar-refractivity contribution is 5.68. The number of rotatable bonds is 2. The van der Waals surface area contributed by atoms with Crippen molar-refractivity contribution in [3.05, 3.63) is 0 Å². The molecular formula is C14H27NO4. The lowest BCUT2D eigenvalue weighted by Crippen LogP contribution is -2.48. The van der Waals surface area contributed by atoms with Crippen molar-refractivity contribution in [3.8, 4) is 0 Å². The maximum absolute atomic E-state index is 12.0. The van der Waals surface area contributed by atoms with Crippen LogP contribution < -0.4 is 0 Å². The predicted molar refractivity (Wildman–Crippen MR) is 73.0 cm³/mol. The van der Waals surface area contributed by atoms with E-state index in [1.807, 2.05) is 20.8 Å². The highest BCUT2D eigenvalue weighted by Gasteiger charge is 2.29. The second kappa shape index (κ2) is 6.09. The Hall–Kier alpha value is -0.810. The van der Waals surface area contributed by atoms with E-state index >= 15 is 0 Å². The standard InChI is InChI=1S/C14H27NO4/c1-13(2,3)10-18-11-9-15(7-8-17-11)12(16)19-14(4,5)6/h11H,7-10H2,1-6H3. The first-order chi connectivity index (χ1) is 8.57. The lowest BCUT2D eigenvalue weighted by Gasteiger charge is -2.35. The maximum Gasteiger partial charge on any atom is 0.410 e. The van der Waals surface area contributed by atoms with Crippen molar-refractivity contribution in [3.63, 3.8) is 0 Å². The summed E-state index contributed by atoms with van der Waals surface area (Å²) in [5.41, 5.74) is -0.394. The molecule has 0 aromatic rings. The summed E-state index contributed by atoms with van der Waals surface area (Å²) in [6, 6.07) is 0. The number of morpholine rings is 1. The van der Waals surface area contributed by atoms with Crippen molar-refractivity contribution in [2.24, 2.45) is 5.41 Å². The molecular weight excluding hydrogens is 246 g/mol. The molecule has 112 valence electrons. The Morgan fingerprint density at radius 1 is 1.26 bits per heavy atom. The van der Waals surface area contributed by atoms with Crippen molar-refractivity contribution >= 4 is 6.09 Å². The monoisotopic (exact) mass is 273 g/mol. The quantitative estimate of drug-likeness (QED) is 0.776. The Bertz CT molecular complexity index is 304. The molecule has 0 aromatic carbocycles. The molecule has 1 atom stereocenters. The number of ether oxygens (including phenoxy) is 3. The summed E-state index contributed by atoms with van der Waals surface area (Å²) in [4.78, 5) is 13.6. The molecule has 0 N–H and O–H groups in total. The molecule has 1 rings (SSSR count). The minimum atomic E-state index is -0.475. The molecule has 0 aromatic heterocycles. The molecule has 1 aliphatic rings. The Morgan fingerprint density at radius 2 is 1.89 bits per heavy atom. The van der Waals surface area contributed by atoms with E-state index in [1.165, 1.54) is 0 Å². The molecule has 19 heavy (non-hydrogen) atoms. The van der Waals surface area contributed by atoms with Crippen LogP contribution in [0.1, 0.15) is 41.5 Å². The second-order valence-corrected chi connectivity index (χ2v) is 7.10.